The number of hydrogen-bond acceptors (Lipinski definition) is 3. The molecule has 1 aliphatic rings. The number of aliphatic carboxylic acids is 1. The van der Waals surface area contributed by atoms with Crippen LogP contribution in [0.15, 0.2) is 66.7 Å². The van der Waals surface area contributed by atoms with E-state index in [1.807, 2.05) is 24.3 Å². The third-order valence-electron chi connectivity index (χ3n) is 5.79. The van der Waals surface area contributed by atoms with Crippen LogP contribution in [0.5, 0.6) is 0 Å². The number of carbonyl (C=O) groups is 2. The van der Waals surface area contributed by atoms with E-state index in [2.05, 4.69) is 27.9 Å². The van der Waals surface area contributed by atoms with Gasteiger partial charge in [0.25, 0.3) is 5.91 Å². The molecule has 0 saturated carbocycles. The van der Waals surface area contributed by atoms with Gasteiger partial charge in [0, 0.05) is 25.8 Å². The third kappa shape index (κ3) is 4.07. The van der Waals surface area contributed by atoms with Crippen molar-refractivity contribution in [1.29, 1.82) is 0 Å². The molecule has 0 radical (unpaired) electrons. The summed E-state index contributed by atoms with van der Waals surface area (Å²) >= 11 is 14.3. The van der Waals surface area contributed by atoms with Crippen molar-refractivity contribution in [3.8, 4) is 0 Å². The largest absolute Gasteiger partial charge is 0.479 e. The van der Waals surface area contributed by atoms with E-state index in [-0.39, 0.29) is 5.91 Å². The number of carbonyl (C=O) groups excluding carboxylic acids is 1. The number of fused-ring (bicyclic) bond motifs is 1. The Labute approximate surface area is 209 Å². The Balaban J connectivity index is 1.96. The molecule has 0 fully saturated rings. The summed E-state index contributed by atoms with van der Waals surface area (Å²) in [6, 6.07) is 18.6. The van der Waals surface area contributed by atoms with E-state index < -0.39 is 17.6 Å². The smallest absolute Gasteiger partial charge is 0.334 e. The normalized spacial score (nSPS) is 17.7. The van der Waals surface area contributed by atoms with Crippen LogP contribution in [0.4, 0.5) is 5.69 Å². The third-order valence-corrected chi connectivity index (χ3v) is 6.96. The zero-order valence-electron chi connectivity index (χ0n) is 17.0. The Bertz CT molecular complexity index is 1180. The molecule has 0 saturated heterocycles. The molecule has 164 valence electrons. The van der Waals surface area contributed by atoms with Gasteiger partial charge in [0.1, 0.15) is 0 Å². The molecule has 1 amide bonds. The van der Waals surface area contributed by atoms with Gasteiger partial charge in [-0.3, -0.25) is 4.79 Å². The van der Waals surface area contributed by atoms with Gasteiger partial charge in [0.2, 0.25) is 0 Å². The van der Waals surface area contributed by atoms with Crippen LogP contribution in [-0.4, -0.2) is 28.4 Å². The van der Waals surface area contributed by atoms with Crippen LogP contribution >= 0.6 is 45.8 Å². The molecule has 3 aromatic carbocycles. The molecule has 2 atom stereocenters. The average Bonchev–Trinajstić information content (AvgIpc) is 2.91. The number of amides is 1. The summed E-state index contributed by atoms with van der Waals surface area (Å²) in [5.41, 5.74) is 0.668. The lowest BCUT2D eigenvalue weighted by atomic mass is 9.86. The zero-order valence-corrected chi connectivity index (χ0v) is 20.6. The quantitative estimate of drug-likeness (QED) is 0.360. The minimum Gasteiger partial charge on any atom is -0.479 e. The second-order valence-electron chi connectivity index (χ2n) is 7.70. The molecule has 8 heteroatoms. The molecule has 32 heavy (non-hydrogen) atoms. The maximum Gasteiger partial charge on any atom is 0.334 e. The number of carboxylic acid groups (broad SMARTS) is 1. The fourth-order valence-corrected chi connectivity index (χ4v) is 4.77. The van der Waals surface area contributed by atoms with E-state index >= 15 is 0 Å². The highest BCUT2D eigenvalue weighted by molar-refractivity contribution is 14.1. The maximum atomic E-state index is 14.0. The number of nitrogens with one attached hydrogen (secondary N) is 1. The standard InChI is InChI=1S/C24H19Cl2IN2O3/c1-24(23(31)32,15-4-8-17(26)9-5-15)29-21(14-2-6-16(25)7-3-14)13-28-20-11-10-18(27)12-19(20)22(29)30/h2-12,21,28H,13H2,1H3,(H,31,32). The van der Waals surface area contributed by atoms with Crippen LogP contribution in [-0.2, 0) is 10.3 Å². The van der Waals surface area contributed by atoms with Crippen LogP contribution in [0.2, 0.25) is 10.0 Å². The minimum absolute atomic E-state index is 0.331. The van der Waals surface area contributed by atoms with E-state index in [1.165, 1.54) is 4.90 Å². The van der Waals surface area contributed by atoms with Gasteiger partial charge < -0.3 is 15.3 Å². The van der Waals surface area contributed by atoms with Gasteiger partial charge in [-0.1, -0.05) is 47.5 Å². The summed E-state index contributed by atoms with van der Waals surface area (Å²) in [4.78, 5) is 28.3. The number of carboxylic acids is 1. The number of halogens is 3. The fraction of sp³-hybridized carbons (Fsp3) is 0.167. The van der Waals surface area contributed by atoms with Gasteiger partial charge in [-0.25, -0.2) is 4.79 Å². The first-order valence-electron chi connectivity index (χ1n) is 9.84. The summed E-state index contributed by atoms with van der Waals surface area (Å²) in [6.07, 6.45) is 0. The van der Waals surface area contributed by atoms with Crippen molar-refractivity contribution in [2.75, 3.05) is 11.9 Å². The molecule has 1 aliphatic heterocycles. The Morgan fingerprint density at radius 1 is 1.06 bits per heavy atom. The van der Waals surface area contributed by atoms with E-state index in [9.17, 15) is 14.7 Å². The summed E-state index contributed by atoms with van der Waals surface area (Å²) in [7, 11) is 0. The van der Waals surface area contributed by atoms with Crippen molar-refractivity contribution >= 4 is 63.4 Å². The predicted octanol–water partition coefficient (Wildman–Crippen LogP) is 6.21. The molecule has 0 aliphatic carbocycles. The molecular formula is C24H19Cl2IN2O3. The first kappa shape index (κ1) is 22.9. The Morgan fingerprint density at radius 3 is 2.25 bits per heavy atom. The Morgan fingerprint density at radius 2 is 1.66 bits per heavy atom. The van der Waals surface area contributed by atoms with Crippen molar-refractivity contribution in [1.82, 2.24) is 4.90 Å². The van der Waals surface area contributed by atoms with E-state index in [4.69, 9.17) is 23.2 Å². The molecule has 0 spiro atoms. The molecular weight excluding hydrogens is 562 g/mol. The maximum absolute atomic E-state index is 14.0. The van der Waals surface area contributed by atoms with Crippen molar-refractivity contribution in [3.05, 3.63) is 97.0 Å². The average molecular weight is 581 g/mol. The summed E-state index contributed by atoms with van der Waals surface area (Å²) < 4.78 is 0.880. The fourth-order valence-electron chi connectivity index (χ4n) is 4.02. The van der Waals surface area contributed by atoms with Gasteiger partial charge in [-0.2, -0.15) is 0 Å². The highest BCUT2D eigenvalue weighted by atomic mass is 127. The number of rotatable bonds is 4. The number of hydrogen-bond donors (Lipinski definition) is 2. The van der Waals surface area contributed by atoms with Crippen LogP contribution in [0, 0.1) is 3.57 Å². The van der Waals surface area contributed by atoms with Gasteiger partial charge in [-0.05, 0) is 83.1 Å². The van der Waals surface area contributed by atoms with Crippen LogP contribution < -0.4 is 5.32 Å². The van der Waals surface area contributed by atoms with E-state index in [0.29, 0.717) is 33.4 Å². The van der Waals surface area contributed by atoms with Gasteiger partial charge in [0.15, 0.2) is 5.54 Å². The molecule has 5 nitrogen and oxygen atoms in total. The van der Waals surface area contributed by atoms with Crippen molar-refractivity contribution in [3.63, 3.8) is 0 Å². The monoisotopic (exact) mass is 580 g/mol. The lowest BCUT2D eigenvalue weighted by Crippen LogP contribution is -2.54. The highest BCUT2D eigenvalue weighted by Gasteiger charge is 2.49. The summed E-state index contributed by atoms with van der Waals surface area (Å²) in [6.45, 7) is 1.88. The Hall–Kier alpha value is -2.29. The minimum atomic E-state index is -1.66. The molecule has 0 aromatic heterocycles. The van der Waals surface area contributed by atoms with E-state index in [0.717, 1.165) is 9.13 Å². The lowest BCUT2D eigenvalue weighted by Gasteiger charge is -2.42. The van der Waals surface area contributed by atoms with E-state index in [1.54, 1.807) is 49.4 Å². The molecule has 0 bridgehead atoms. The first-order valence-corrected chi connectivity index (χ1v) is 11.7. The second kappa shape index (κ2) is 8.92. The predicted molar refractivity (Wildman–Crippen MR) is 134 cm³/mol. The van der Waals surface area contributed by atoms with Crippen LogP contribution in [0.1, 0.15) is 34.5 Å². The molecule has 2 N–H and O–H groups in total. The zero-order chi connectivity index (χ0) is 23.0. The number of benzene rings is 3. The van der Waals surface area contributed by atoms with Crippen molar-refractivity contribution in [2.45, 2.75) is 18.5 Å². The van der Waals surface area contributed by atoms with Crippen LogP contribution in [0.3, 0.4) is 0 Å². The number of anilines is 1. The topological polar surface area (TPSA) is 69.6 Å². The molecule has 3 aromatic rings. The Kier molecular flexibility index (Phi) is 6.38. The number of nitrogens with zero attached hydrogens (tertiary/aromatic N) is 1. The van der Waals surface area contributed by atoms with Gasteiger partial charge in [-0.15, -0.1) is 0 Å². The van der Waals surface area contributed by atoms with Gasteiger partial charge in [0.05, 0.1) is 11.6 Å². The van der Waals surface area contributed by atoms with Crippen molar-refractivity contribution in [2.24, 2.45) is 0 Å². The lowest BCUT2D eigenvalue weighted by molar-refractivity contribution is -0.151. The molecule has 4 rings (SSSR count). The first-order chi connectivity index (χ1) is 15.2. The SMILES string of the molecule is CC(C(=O)O)(c1ccc(Cl)cc1)N1C(=O)c2cc(I)ccc2NCC1c1ccc(Cl)cc1. The second-order valence-corrected chi connectivity index (χ2v) is 9.82. The summed E-state index contributed by atoms with van der Waals surface area (Å²) in [5.74, 6) is -1.51. The molecule has 2 unspecified atom stereocenters. The molecule has 1 heterocycles. The summed E-state index contributed by atoms with van der Waals surface area (Å²) in [5, 5.41) is 14.8. The van der Waals surface area contributed by atoms with Crippen molar-refractivity contribution < 1.29 is 14.7 Å². The van der Waals surface area contributed by atoms with Gasteiger partial charge >= 0.3 is 5.97 Å². The highest BCUT2D eigenvalue weighted by Crippen LogP contribution is 2.41. The van der Waals surface area contributed by atoms with Crippen LogP contribution in [0.25, 0.3) is 0 Å².